The Kier molecular flexibility index (Phi) is 2.88. The Morgan fingerprint density at radius 2 is 1.94 bits per heavy atom. The van der Waals surface area contributed by atoms with Crippen molar-refractivity contribution in [1.82, 2.24) is 4.98 Å². The number of aromatic nitrogens is 1. The van der Waals surface area contributed by atoms with Crippen LogP contribution in [0, 0.1) is 0 Å². The number of rotatable bonds is 2. The van der Waals surface area contributed by atoms with Crippen LogP contribution in [-0.2, 0) is 0 Å². The third-order valence-corrected chi connectivity index (χ3v) is 3.59. The van der Waals surface area contributed by atoms with Crippen molar-refractivity contribution < 1.29 is 0 Å². The highest BCUT2D eigenvalue weighted by molar-refractivity contribution is 7.80. The Balaban J connectivity index is 2.20. The van der Waals surface area contributed by atoms with Crippen LogP contribution in [0.2, 0.25) is 0 Å². The van der Waals surface area contributed by atoms with Crippen molar-refractivity contribution in [3.8, 4) is 0 Å². The zero-order valence-corrected chi connectivity index (χ0v) is 10.9. The van der Waals surface area contributed by atoms with Gasteiger partial charge in [-0.05, 0) is 25.0 Å². The van der Waals surface area contributed by atoms with Crippen molar-refractivity contribution in [2.24, 2.45) is 5.73 Å². The van der Waals surface area contributed by atoms with E-state index < -0.39 is 0 Å². The van der Waals surface area contributed by atoms with Gasteiger partial charge in [0.25, 0.3) is 0 Å². The molecule has 1 fully saturated rings. The number of anilines is 1. The summed E-state index contributed by atoms with van der Waals surface area (Å²) in [5.41, 5.74) is 7.73. The van der Waals surface area contributed by atoms with E-state index in [1.807, 2.05) is 24.3 Å². The fourth-order valence-electron chi connectivity index (χ4n) is 2.46. The van der Waals surface area contributed by atoms with Crippen LogP contribution >= 0.6 is 12.2 Å². The molecule has 1 aliphatic rings. The molecule has 92 valence electrons. The van der Waals surface area contributed by atoms with Gasteiger partial charge in [-0.15, -0.1) is 0 Å². The Morgan fingerprint density at radius 3 is 2.67 bits per heavy atom. The van der Waals surface area contributed by atoms with E-state index in [0.717, 1.165) is 35.4 Å². The molecule has 2 aromatic rings. The van der Waals surface area contributed by atoms with Gasteiger partial charge in [0.15, 0.2) is 0 Å². The zero-order chi connectivity index (χ0) is 12.5. The lowest BCUT2D eigenvalue weighted by atomic mass is 10.1. The smallest absolute Gasteiger partial charge is 0.139 e. The minimum absolute atomic E-state index is 0.426. The molecule has 0 bridgehead atoms. The van der Waals surface area contributed by atoms with Crippen LogP contribution < -0.4 is 10.6 Å². The van der Waals surface area contributed by atoms with Crippen LogP contribution in [0.15, 0.2) is 30.3 Å². The zero-order valence-electron chi connectivity index (χ0n) is 10.1. The van der Waals surface area contributed by atoms with E-state index in [2.05, 4.69) is 11.0 Å². The summed E-state index contributed by atoms with van der Waals surface area (Å²) in [6, 6.07) is 10.1. The molecular weight excluding hydrogens is 242 g/mol. The lowest BCUT2D eigenvalue weighted by Gasteiger charge is -2.20. The summed E-state index contributed by atoms with van der Waals surface area (Å²) in [6.07, 6.45) is 2.43. The Labute approximate surface area is 112 Å². The van der Waals surface area contributed by atoms with E-state index in [0.29, 0.717) is 4.99 Å². The van der Waals surface area contributed by atoms with Gasteiger partial charge in [0.2, 0.25) is 0 Å². The average molecular weight is 257 g/mol. The van der Waals surface area contributed by atoms with Crippen molar-refractivity contribution in [3.05, 3.63) is 35.9 Å². The molecule has 0 amide bonds. The summed E-state index contributed by atoms with van der Waals surface area (Å²) in [4.78, 5) is 7.44. The molecule has 1 aromatic heterocycles. The second kappa shape index (κ2) is 4.53. The summed E-state index contributed by atoms with van der Waals surface area (Å²) in [7, 11) is 0. The van der Waals surface area contributed by atoms with E-state index in [-0.39, 0.29) is 0 Å². The Bertz CT molecular complexity index is 603. The summed E-state index contributed by atoms with van der Waals surface area (Å²) in [5.74, 6) is 0.943. The molecule has 4 heteroatoms. The van der Waals surface area contributed by atoms with Gasteiger partial charge in [-0.3, -0.25) is 0 Å². The molecule has 0 unspecified atom stereocenters. The van der Waals surface area contributed by atoms with E-state index in [4.69, 9.17) is 22.9 Å². The summed E-state index contributed by atoms with van der Waals surface area (Å²) >= 11 is 5.16. The van der Waals surface area contributed by atoms with E-state index in [1.54, 1.807) is 0 Å². The van der Waals surface area contributed by atoms with Gasteiger partial charge in [-0.1, -0.05) is 30.4 Å². The van der Waals surface area contributed by atoms with Crippen LogP contribution in [0.4, 0.5) is 5.82 Å². The SMILES string of the molecule is NC(=S)c1cc2ccccc2nc1N1CCCC1. The maximum Gasteiger partial charge on any atom is 0.139 e. The fraction of sp³-hybridized carbons (Fsp3) is 0.286. The van der Waals surface area contributed by atoms with Gasteiger partial charge in [0.05, 0.1) is 11.1 Å². The number of hydrogen-bond acceptors (Lipinski definition) is 3. The number of pyridine rings is 1. The number of thiocarbonyl (C=S) groups is 1. The monoisotopic (exact) mass is 257 g/mol. The van der Waals surface area contributed by atoms with E-state index in [1.165, 1.54) is 12.8 Å². The average Bonchev–Trinajstić information content (AvgIpc) is 2.91. The normalized spacial score (nSPS) is 15.2. The number of fused-ring (bicyclic) bond motifs is 1. The predicted molar refractivity (Wildman–Crippen MR) is 79.1 cm³/mol. The Morgan fingerprint density at radius 1 is 1.22 bits per heavy atom. The standard InChI is InChI=1S/C14H15N3S/c15-13(18)11-9-10-5-1-2-6-12(10)16-14(11)17-7-3-4-8-17/h1-2,5-6,9H,3-4,7-8H2,(H2,15,18). The first kappa shape index (κ1) is 11.4. The first-order chi connectivity index (χ1) is 8.75. The quantitative estimate of drug-likeness (QED) is 0.839. The molecule has 18 heavy (non-hydrogen) atoms. The van der Waals surface area contributed by atoms with E-state index in [9.17, 15) is 0 Å². The molecule has 1 aliphatic heterocycles. The molecule has 3 nitrogen and oxygen atoms in total. The maximum atomic E-state index is 5.84. The first-order valence-electron chi connectivity index (χ1n) is 6.20. The molecule has 1 saturated heterocycles. The molecule has 1 aromatic carbocycles. The minimum atomic E-state index is 0.426. The summed E-state index contributed by atoms with van der Waals surface area (Å²) in [6.45, 7) is 2.09. The molecule has 0 spiro atoms. The van der Waals surface area contributed by atoms with Crippen LogP contribution in [0.1, 0.15) is 18.4 Å². The Hall–Kier alpha value is -1.68. The lowest BCUT2D eigenvalue weighted by Crippen LogP contribution is -2.24. The molecule has 2 N–H and O–H groups in total. The first-order valence-corrected chi connectivity index (χ1v) is 6.61. The largest absolute Gasteiger partial charge is 0.389 e. The highest BCUT2D eigenvalue weighted by Crippen LogP contribution is 2.26. The van der Waals surface area contributed by atoms with Gasteiger partial charge in [0, 0.05) is 18.5 Å². The third-order valence-electron chi connectivity index (χ3n) is 3.37. The van der Waals surface area contributed by atoms with Gasteiger partial charge in [-0.25, -0.2) is 4.98 Å². The molecule has 2 heterocycles. The minimum Gasteiger partial charge on any atom is -0.389 e. The predicted octanol–water partition coefficient (Wildman–Crippen LogP) is 2.47. The highest BCUT2D eigenvalue weighted by atomic mass is 32.1. The summed E-state index contributed by atoms with van der Waals surface area (Å²) < 4.78 is 0. The van der Waals surface area contributed by atoms with E-state index >= 15 is 0 Å². The lowest BCUT2D eigenvalue weighted by molar-refractivity contribution is 0.942. The molecule has 3 rings (SSSR count). The van der Waals surface area contributed by atoms with Crippen molar-refractivity contribution in [2.75, 3.05) is 18.0 Å². The van der Waals surface area contributed by atoms with Crippen molar-refractivity contribution in [2.45, 2.75) is 12.8 Å². The molecule has 0 saturated carbocycles. The molecule has 0 atom stereocenters. The maximum absolute atomic E-state index is 5.84. The third kappa shape index (κ3) is 1.93. The van der Waals surface area contributed by atoms with Crippen LogP contribution in [-0.4, -0.2) is 23.1 Å². The molecule has 0 radical (unpaired) electrons. The van der Waals surface area contributed by atoms with Crippen molar-refractivity contribution in [1.29, 1.82) is 0 Å². The number of nitrogens with zero attached hydrogens (tertiary/aromatic N) is 2. The number of benzene rings is 1. The fourth-order valence-corrected chi connectivity index (χ4v) is 2.61. The van der Waals surface area contributed by atoms with Gasteiger partial charge in [-0.2, -0.15) is 0 Å². The summed E-state index contributed by atoms with van der Waals surface area (Å²) in [5, 5.41) is 1.09. The molecular formula is C14H15N3S. The van der Waals surface area contributed by atoms with Crippen molar-refractivity contribution in [3.63, 3.8) is 0 Å². The second-order valence-corrected chi connectivity index (χ2v) is 5.05. The number of para-hydroxylation sites is 1. The van der Waals surface area contributed by atoms with Crippen molar-refractivity contribution >= 4 is 33.9 Å². The number of hydrogen-bond donors (Lipinski definition) is 1. The van der Waals surface area contributed by atoms with Crippen LogP contribution in [0.5, 0.6) is 0 Å². The number of nitrogens with two attached hydrogens (primary N) is 1. The second-order valence-electron chi connectivity index (χ2n) is 4.61. The van der Waals surface area contributed by atoms with Gasteiger partial charge >= 0.3 is 0 Å². The highest BCUT2D eigenvalue weighted by Gasteiger charge is 2.19. The van der Waals surface area contributed by atoms with Crippen LogP contribution in [0.25, 0.3) is 10.9 Å². The van der Waals surface area contributed by atoms with Gasteiger partial charge < -0.3 is 10.6 Å². The topological polar surface area (TPSA) is 42.1 Å². The van der Waals surface area contributed by atoms with Gasteiger partial charge in [0.1, 0.15) is 10.8 Å². The molecule has 0 aliphatic carbocycles. The van der Waals surface area contributed by atoms with Crippen LogP contribution in [0.3, 0.4) is 0 Å².